The van der Waals surface area contributed by atoms with Gasteiger partial charge in [-0.15, -0.1) is 0 Å². The zero-order valence-corrected chi connectivity index (χ0v) is 16.5. The van der Waals surface area contributed by atoms with Crippen molar-refractivity contribution in [3.8, 4) is 17.4 Å². The Kier molecular flexibility index (Phi) is 5.15. The predicted molar refractivity (Wildman–Crippen MR) is 108 cm³/mol. The molecule has 30 heavy (non-hydrogen) atoms. The Balaban J connectivity index is 1.51. The lowest BCUT2D eigenvalue weighted by atomic mass is 10.3. The molecule has 0 saturated heterocycles. The lowest BCUT2D eigenvalue weighted by molar-refractivity contribution is 0.459. The molecule has 0 fully saturated rings. The number of ether oxygens (including phenoxy) is 1. The lowest BCUT2D eigenvalue weighted by Gasteiger charge is -2.10. The molecule has 2 aromatic heterocycles. The van der Waals surface area contributed by atoms with Crippen LogP contribution < -0.4 is 9.46 Å². The number of sulfonamides is 1. The van der Waals surface area contributed by atoms with E-state index in [0.717, 1.165) is 6.07 Å². The minimum absolute atomic E-state index is 0.162. The van der Waals surface area contributed by atoms with E-state index in [4.69, 9.17) is 4.74 Å². The van der Waals surface area contributed by atoms with Crippen LogP contribution in [0.25, 0.3) is 5.82 Å². The first-order valence-electron chi connectivity index (χ1n) is 8.81. The molecule has 0 aliphatic carbocycles. The van der Waals surface area contributed by atoms with E-state index >= 15 is 0 Å². The van der Waals surface area contributed by atoms with Gasteiger partial charge in [0.25, 0.3) is 10.0 Å². The summed E-state index contributed by atoms with van der Waals surface area (Å²) in [6, 6.07) is 14.5. The van der Waals surface area contributed by atoms with Gasteiger partial charge in [0.15, 0.2) is 5.82 Å². The third kappa shape index (κ3) is 4.44. The first kappa shape index (κ1) is 19.5. The fourth-order valence-electron chi connectivity index (χ4n) is 2.66. The molecule has 2 heterocycles. The maximum atomic E-state index is 13.3. The number of hydrogen-bond acceptors (Lipinski definition) is 6. The molecule has 0 bridgehead atoms. The van der Waals surface area contributed by atoms with E-state index in [1.54, 1.807) is 48.3 Å². The van der Waals surface area contributed by atoms with E-state index in [0.29, 0.717) is 29.0 Å². The molecule has 0 amide bonds. The molecule has 4 aromatic rings. The van der Waals surface area contributed by atoms with Crippen LogP contribution in [-0.4, -0.2) is 28.2 Å². The second kappa shape index (κ2) is 7.91. The van der Waals surface area contributed by atoms with Gasteiger partial charge in [-0.3, -0.25) is 4.72 Å². The maximum Gasteiger partial charge on any atom is 0.261 e. The van der Waals surface area contributed by atoms with Crippen LogP contribution in [0.1, 0.15) is 5.82 Å². The van der Waals surface area contributed by atoms with E-state index in [9.17, 15) is 12.8 Å². The van der Waals surface area contributed by atoms with Gasteiger partial charge in [-0.25, -0.2) is 22.5 Å². The number of halogens is 1. The Bertz CT molecular complexity index is 1280. The number of aryl methyl sites for hydroxylation is 1. The highest BCUT2D eigenvalue weighted by atomic mass is 32.2. The third-order valence-electron chi connectivity index (χ3n) is 3.98. The van der Waals surface area contributed by atoms with E-state index in [1.807, 2.05) is 0 Å². The second-order valence-electron chi connectivity index (χ2n) is 6.25. The highest BCUT2D eigenvalue weighted by Crippen LogP contribution is 2.24. The number of nitrogens with one attached hydrogen (secondary N) is 1. The van der Waals surface area contributed by atoms with Crippen LogP contribution in [0.4, 0.5) is 10.1 Å². The Morgan fingerprint density at radius 2 is 1.83 bits per heavy atom. The van der Waals surface area contributed by atoms with Crippen LogP contribution in [-0.2, 0) is 10.0 Å². The van der Waals surface area contributed by atoms with Crippen molar-refractivity contribution >= 4 is 15.7 Å². The zero-order chi connectivity index (χ0) is 21.1. The van der Waals surface area contributed by atoms with Gasteiger partial charge in [0.1, 0.15) is 17.4 Å². The third-order valence-corrected chi connectivity index (χ3v) is 5.35. The molecule has 0 unspecified atom stereocenters. The topological polar surface area (TPSA) is 99.0 Å². The van der Waals surface area contributed by atoms with E-state index in [1.165, 1.54) is 30.3 Å². The van der Waals surface area contributed by atoms with Gasteiger partial charge in [0, 0.05) is 24.1 Å². The van der Waals surface area contributed by atoms with Gasteiger partial charge >= 0.3 is 0 Å². The van der Waals surface area contributed by atoms with Gasteiger partial charge in [0.2, 0.25) is 5.88 Å². The molecule has 152 valence electrons. The van der Waals surface area contributed by atoms with Crippen molar-refractivity contribution in [3.05, 3.63) is 84.7 Å². The van der Waals surface area contributed by atoms with Crippen LogP contribution in [0.5, 0.6) is 11.6 Å². The van der Waals surface area contributed by atoms with Crippen molar-refractivity contribution in [2.75, 3.05) is 4.72 Å². The summed E-state index contributed by atoms with van der Waals surface area (Å²) in [7, 11) is -3.91. The summed E-state index contributed by atoms with van der Waals surface area (Å²) in [6.07, 6.45) is 3.40. The molecule has 0 aliphatic rings. The summed E-state index contributed by atoms with van der Waals surface area (Å²) in [4.78, 5) is 8.40. The van der Waals surface area contributed by atoms with E-state index in [2.05, 4.69) is 19.8 Å². The van der Waals surface area contributed by atoms with Crippen molar-refractivity contribution < 1.29 is 17.5 Å². The zero-order valence-electron chi connectivity index (χ0n) is 15.7. The fraction of sp³-hybridized carbons (Fsp3) is 0.0500. The highest BCUT2D eigenvalue weighted by molar-refractivity contribution is 7.92. The standard InChI is InChI=1S/C20H16FN5O3S/c1-14-23-19(26-11-3-10-22-26)13-20(24-14)29-17-8-6-16(7-9-17)25-30(27,28)18-5-2-4-15(21)12-18/h2-13,25H,1H3. The normalized spacial score (nSPS) is 11.3. The number of aromatic nitrogens is 4. The van der Waals surface area contributed by atoms with Crippen molar-refractivity contribution in [2.45, 2.75) is 11.8 Å². The highest BCUT2D eigenvalue weighted by Gasteiger charge is 2.15. The second-order valence-corrected chi connectivity index (χ2v) is 7.93. The van der Waals surface area contributed by atoms with E-state index in [-0.39, 0.29) is 4.90 Å². The molecular formula is C20H16FN5O3S. The molecule has 0 aliphatic heterocycles. The molecule has 1 N–H and O–H groups in total. The van der Waals surface area contributed by atoms with Gasteiger partial charge in [0.05, 0.1) is 4.90 Å². The van der Waals surface area contributed by atoms with Crippen LogP contribution in [0.2, 0.25) is 0 Å². The van der Waals surface area contributed by atoms with Gasteiger partial charge < -0.3 is 4.74 Å². The van der Waals surface area contributed by atoms with Crippen LogP contribution in [0.3, 0.4) is 0 Å². The molecule has 0 atom stereocenters. The molecule has 0 radical (unpaired) electrons. The van der Waals surface area contributed by atoms with Gasteiger partial charge in [-0.05, 0) is 55.5 Å². The molecule has 4 rings (SSSR count). The summed E-state index contributed by atoms with van der Waals surface area (Å²) in [5, 5.41) is 4.13. The summed E-state index contributed by atoms with van der Waals surface area (Å²) >= 11 is 0. The average molecular weight is 425 g/mol. The number of benzene rings is 2. The van der Waals surface area contributed by atoms with Crippen molar-refractivity contribution in [1.29, 1.82) is 0 Å². The number of rotatable bonds is 6. The molecule has 0 spiro atoms. The number of nitrogens with zero attached hydrogens (tertiary/aromatic N) is 4. The molecule has 2 aromatic carbocycles. The molecule has 10 heteroatoms. The summed E-state index contributed by atoms with van der Waals surface area (Å²) < 4.78 is 47.8. The van der Waals surface area contributed by atoms with Crippen molar-refractivity contribution in [2.24, 2.45) is 0 Å². The summed E-state index contributed by atoms with van der Waals surface area (Å²) in [5.74, 6) is 1.21. The smallest absolute Gasteiger partial charge is 0.261 e. The molecule has 8 nitrogen and oxygen atoms in total. The Morgan fingerprint density at radius 1 is 1.03 bits per heavy atom. The number of anilines is 1. The van der Waals surface area contributed by atoms with Crippen LogP contribution in [0, 0.1) is 12.7 Å². The minimum Gasteiger partial charge on any atom is -0.439 e. The monoisotopic (exact) mass is 425 g/mol. The van der Waals surface area contributed by atoms with Crippen molar-refractivity contribution in [3.63, 3.8) is 0 Å². The molecular weight excluding hydrogens is 409 g/mol. The summed E-state index contributed by atoms with van der Waals surface area (Å²) in [5.41, 5.74) is 0.308. The van der Waals surface area contributed by atoms with E-state index < -0.39 is 15.8 Å². The fourth-order valence-corrected chi connectivity index (χ4v) is 3.75. The first-order chi connectivity index (χ1) is 14.4. The Morgan fingerprint density at radius 3 is 2.53 bits per heavy atom. The maximum absolute atomic E-state index is 13.3. The van der Waals surface area contributed by atoms with Crippen LogP contribution in [0.15, 0.2) is 78.0 Å². The minimum atomic E-state index is -3.91. The Labute approximate surface area is 172 Å². The number of hydrogen-bond donors (Lipinski definition) is 1. The van der Waals surface area contributed by atoms with Crippen LogP contribution >= 0.6 is 0 Å². The quantitative estimate of drug-likeness (QED) is 0.506. The van der Waals surface area contributed by atoms with Gasteiger partial charge in [-0.2, -0.15) is 10.1 Å². The van der Waals surface area contributed by atoms with Crippen molar-refractivity contribution in [1.82, 2.24) is 19.7 Å². The summed E-state index contributed by atoms with van der Waals surface area (Å²) in [6.45, 7) is 1.74. The first-order valence-corrected chi connectivity index (χ1v) is 10.3. The largest absolute Gasteiger partial charge is 0.439 e. The average Bonchev–Trinajstić information content (AvgIpc) is 3.24. The SMILES string of the molecule is Cc1nc(Oc2ccc(NS(=O)(=O)c3cccc(F)c3)cc2)cc(-n2cccn2)n1. The molecule has 0 saturated carbocycles. The lowest BCUT2D eigenvalue weighted by Crippen LogP contribution is -2.13. The Hall–Kier alpha value is -3.79. The van der Waals surface area contributed by atoms with Gasteiger partial charge in [-0.1, -0.05) is 6.07 Å². The predicted octanol–water partition coefficient (Wildman–Crippen LogP) is 3.70.